The van der Waals surface area contributed by atoms with Crippen LogP contribution in [0, 0.1) is 5.92 Å². The third kappa shape index (κ3) is 4.05. The first-order valence-corrected chi connectivity index (χ1v) is 7.50. The van der Waals surface area contributed by atoms with Crippen molar-refractivity contribution in [1.82, 2.24) is 4.90 Å². The van der Waals surface area contributed by atoms with Gasteiger partial charge in [0.1, 0.15) is 6.10 Å². The summed E-state index contributed by atoms with van der Waals surface area (Å²) in [6.07, 6.45) is 0.616. The molecule has 1 aromatic carbocycles. The summed E-state index contributed by atoms with van der Waals surface area (Å²) in [5, 5.41) is 0. The van der Waals surface area contributed by atoms with Crippen LogP contribution in [0.5, 0.6) is 0 Å². The van der Waals surface area contributed by atoms with Crippen LogP contribution in [0.15, 0.2) is 28.7 Å². The lowest BCUT2D eigenvalue weighted by Crippen LogP contribution is -2.42. The van der Waals surface area contributed by atoms with E-state index >= 15 is 0 Å². The van der Waals surface area contributed by atoms with E-state index in [0.29, 0.717) is 32.0 Å². The van der Waals surface area contributed by atoms with Gasteiger partial charge in [0.05, 0.1) is 13.2 Å². The van der Waals surface area contributed by atoms with Crippen LogP contribution in [0.2, 0.25) is 0 Å². The van der Waals surface area contributed by atoms with Gasteiger partial charge in [0, 0.05) is 17.4 Å². The summed E-state index contributed by atoms with van der Waals surface area (Å²) in [4.78, 5) is 14.0. The fraction of sp³-hybridized carbons (Fsp3) is 0.533. The van der Waals surface area contributed by atoms with Crippen LogP contribution in [0.25, 0.3) is 0 Å². The smallest absolute Gasteiger partial charge is 0.223 e. The molecular weight excluding hydrogens is 306 g/mol. The number of nitrogens with zero attached hydrogens (tertiary/aromatic N) is 1. The highest BCUT2D eigenvalue weighted by atomic mass is 79.9. The van der Waals surface area contributed by atoms with Crippen molar-refractivity contribution in [3.8, 4) is 0 Å². The van der Waals surface area contributed by atoms with Gasteiger partial charge in [0.2, 0.25) is 5.91 Å². The summed E-state index contributed by atoms with van der Waals surface area (Å²) in [6, 6.07) is 8.11. The van der Waals surface area contributed by atoms with Crippen molar-refractivity contribution in [1.29, 1.82) is 0 Å². The van der Waals surface area contributed by atoms with Crippen molar-refractivity contribution in [2.45, 2.75) is 26.4 Å². The van der Waals surface area contributed by atoms with Gasteiger partial charge in [-0.15, -0.1) is 0 Å². The van der Waals surface area contributed by atoms with Gasteiger partial charge in [0.15, 0.2) is 0 Å². The van der Waals surface area contributed by atoms with Crippen LogP contribution in [-0.2, 0) is 9.53 Å². The number of amides is 1. The fourth-order valence-electron chi connectivity index (χ4n) is 2.23. The minimum atomic E-state index is -0.00189. The van der Waals surface area contributed by atoms with Crippen LogP contribution in [0.4, 0.5) is 0 Å². The molecule has 1 heterocycles. The van der Waals surface area contributed by atoms with E-state index in [-0.39, 0.29) is 12.0 Å². The van der Waals surface area contributed by atoms with Gasteiger partial charge >= 0.3 is 0 Å². The molecule has 104 valence electrons. The molecule has 1 fully saturated rings. The summed E-state index contributed by atoms with van der Waals surface area (Å²) >= 11 is 3.43. The maximum Gasteiger partial charge on any atom is 0.223 e. The molecule has 0 radical (unpaired) electrons. The lowest BCUT2D eigenvalue weighted by atomic mass is 10.1. The van der Waals surface area contributed by atoms with Gasteiger partial charge in [0.25, 0.3) is 0 Å². The minimum absolute atomic E-state index is 0.00189. The SMILES string of the molecule is CC(C)CC(=O)N1CCOC(c2ccc(Br)cc2)C1. The summed E-state index contributed by atoms with van der Waals surface area (Å²) in [7, 11) is 0. The molecule has 1 aliphatic rings. The van der Waals surface area contributed by atoms with Crippen molar-refractivity contribution in [3.63, 3.8) is 0 Å². The predicted molar refractivity (Wildman–Crippen MR) is 78.9 cm³/mol. The van der Waals surface area contributed by atoms with Crippen LogP contribution < -0.4 is 0 Å². The van der Waals surface area contributed by atoms with Crippen molar-refractivity contribution in [2.24, 2.45) is 5.92 Å². The molecule has 1 saturated heterocycles. The van der Waals surface area contributed by atoms with Crippen molar-refractivity contribution >= 4 is 21.8 Å². The van der Waals surface area contributed by atoms with Crippen LogP contribution in [-0.4, -0.2) is 30.5 Å². The molecule has 0 saturated carbocycles. The summed E-state index contributed by atoms with van der Waals surface area (Å²) in [6.45, 7) is 6.13. The van der Waals surface area contributed by atoms with Crippen LogP contribution >= 0.6 is 15.9 Å². The molecule has 19 heavy (non-hydrogen) atoms. The summed E-state index contributed by atoms with van der Waals surface area (Å²) in [5.74, 6) is 0.641. The number of hydrogen-bond donors (Lipinski definition) is 0. The third-order valence-corrected chi connectivity index (χ3v) is 3.77. The molecule has 0 aromatic heterocycles. The number of benzene rings is 1. The third-order valence-electron chi connectivity index (χ3n) is 3.24. The summed E-state index contributed by atoms with van der Waals surface area (Å²) < 4.78 is 6.84. The number of carbonyl (C=O) groups excluding carboxylic acids is 1. The molecule has 0 aliphatic carbocycles. The lowest BCUT2D eigenvalue weighted by Gasteiger charge is -2.33. The minimum Gasteiger partial charge on any atom is -0.370 e. The first-order chi connectivity index (χ1) is 9.06. The molecular formula is C15H20BrNO2. The number of rotatable bonds is 3. The Morgan fingerprint density at radius 2 is 2.11 bits per heavy atom. The second-order valence-corrected chi connectivity index (χ2v) is 6.26. The Hall–Kier alpha value is -0.870. The number of ether oxygens (including phenoxy) is 1. The Morgan fingerprint density at radius 3 is 2.74 bits per heavy atom. The average molecular weight is 326 g/mol. The molecule has 1 unspecified atom stereocenters. The Kier molecular flexibility index (Phi) is 4.99. The molecule has 1 aliphatic heterocycles. The molecule has 1 aromatic rings. The predicted octanol–water partition coefficient (Wildman–Crippen LogP) is 3.40. The molecule has 0 spiro atoms. The Labute approximate surface area is 123 Å². The zero-order chi connectivity index (χ0) is 13.8. The number of morpholine rings is 1. The first-order valence-electron chi connectivity index (χ1n) is 6.71. The molecule has 3 nitrogen and oxygen atoms in total. The van der Waals surface area contributed by atoms with Gasteiger partial charge in [-0.2, -0.15) is 0 Å². The highest BCUT2D eigenvalue weighted by molar-refractivity contribution is 9.10. The largest absolute Gasteiger partial charge is 0.370 e. The highest BCUT2D eigenvalue weighted by Gasteiger charge is 2.25. The molecule has 1 atom stereocenters. The van der Waals surface area contributed by atoms with Crippen LogP contribution in [0.1, 0.15) is 31.9 Å². The molecule has 1 amide bonds. The normalized spacial score (nSPS) is 19.8. The van der Waals surface area contributed by atoms with E-state index in [0.717, 1.165) is 10.0 Å². The maximum absolute atomic E-state index is 12.1. The first kappa shape index (κ1) is 14.5. The highest BCUT2D eigenvalue weighted by Crippen LogP contribution is 2.24. The van der Waals surface area contributed by atoms with Gasteiger partial charge in [-0.25, -0.2) is 0 Å². The zero-order valence-electron chi connectivity index (χ0n) is 11.4. The molecule has 4 heteroatoms. The fourth-order valence-corrected chi connectivity index (χ4v) is 2.50. The van der Waals surface area contributed by atoms with Crippen molar-refractivity contribution in [3.05, 3.63) is 34.3 Å². The topological polar surface area (TPSA) is 29.5 Å². The standard InChI is InChI=1S/C15H20BrNO2/c1-11(2)9-15(18)17-7-8-19-14(10-17)12-3-5-13(16)6-4-12/h3-6,11,14H,7-10H2,1-2H3. The second-order valence-electron chi connectivity index (χ2n) is 5.35. The lowest BCUT2D eigenvalue weighted by molar-refractivity contribution is -0.139. The second kappa shape index (κ2) is 6.53. The van der Waals surface area contributed by atoms with Gasteiger partial charge < -0.3 is 9.64 Å². The monoisotopic (exact) mass is 325 g/mol. The number of hydrogen-bond acceptors (Lipinski definition) is 2. The van der Waals surface area contributed by atoms with E-state index < -0.39 is 0 Å². The summed E-state index contributed by atoms with van der Waals surface area (Å²) in [5.41, 5.74) is 1.13. The van der Waals surface area contributed by atoms with Crippen molar-refractivity contribution < 1.29 is 9.53 Å². The maximum atomic E-state index is 12.1. The van der Waals surface area contributed by atoms with E-state index in [1.54, 1.807) is 0 Å². The quantitative estimate of drug-likeness (QED) is 0.852. The number of carbonyl (C=O) groups is 1. The zero-order valence-corrected chi connectivity index (χ0v) is 13.0. The Morgan fingerprint density at radius 1 is 1.42 bits per heavy atom. The van der Waals surface area contributed by atoms with Crippen molar-refractivity contribution in [2.75, 3.05) is 19.7 Å². The van der Waals surface area contributed by atoms with E-state index in [9.17, 15) is 4.79 Å². The Bertz CT molecular complexity index is 430. The van der Waals surface area contributed by atoms with E-state index in [1.807, 2.05) is 29.2 Å². The van der Waals surface area contributed by atoms with Gasteiger partial charge in [-0.3, -0.25) is 4.79 Å². The molecule has 0 bridgehead atoms. The average Bonchev–Trinajstić information content (AvgIpc) is 2.39. The van der Waals surface area contributed by atoms with E-state index in [1.165, 1.54) is 0 Å². The number of halogens is 1. The van der Waals surface area contributed by atoms with Crippen LogP contribution in [0.3, 0.4) is 0 Å². The molecule has 0 N–H and O–H groups in total. The van der Waals surface area contributed by atoms with Gasteiger partial charge in [-0.1, -0.05) is 41.9 Å². The van der Waals surface area contributed by atoms with E-state index in [2.05, 4.69) is 29.8 Å². The van der Waals surface area contributed by atoms with E-state index in [4.69, 9.17) is 4.74 Å². The van der Waals surface area contributed by atoms with Gasteiger partial charge in [-0.05, 0) is 23.6 Å². The molecule has 2 rings (SSSR count). The Balaban J connectivity index is 2.00.